The number of nitrogens with one attached hydrogen (secondary N) is 2. The molecule has 44 heavy (non-hydrogen) atoms. The third kappa shape index (κ3) is 9.69. The molecule has 0 aromatic heterocycles. The highest BCUT2D eigenvalue weighted by Gasteiger charge is 2.40. The van der Waals surface area contributed by atoms with E-state index in [0.29, 0.717) is 36.6 Å². The number of hydrogen-bond acceptors (Lipinski definition) is 7. The SMILES string of the molecule is COc1cccc(OC)c1CNC(=O)CC1C=CC=C(C[C@@H](C)NC[C@H](CC(C)(C)[Si](C)(C)O)c2ccc(O)c(CO)c2)C1. The van der Waals surface area contributed by atoms with Gasteiger partial charge in [-0.25, -0.2) is 0 Å². The number of methoxy groups -OCH3 is 2. The van der Waals surface area contributed by atoms with Gasteiger partial charge < -0.3 is 35.1 Å². The smallest absolute Gasteiger partial charge is 0.220 e. The number of ether oxygens (including phenoxy) is 2. The fourth-order valence-corrected chi connectivity index (χ4v) is 6.43. The van der Waals surface area contributed by atoms with E-state index in [9.17, 15) is 19.8 Å². The van der Waals surface area contributed by atoms with Gasteiger partial charge in [0.2, 0.25) is 5.91 Å². The van der Waals surface area contributed by atoms with Crippen molar-refractivity contribution in [3.63, 3.8) is 0 Å². The molecule has 0 saturated carbocycles. The van der Waals surface area contributed by atoms with Gasteiger partial charge in [-0.15, -0.1) is 0 Å². The van der Waals surface area contributed by atoms with E-state index in [0.717, 1.165) is 30.4 Å². The normalized spacial score (nSPS) is 16.7. The van der Waals surface area contributed by atoms with Crippen LogP contribution < -0.4 is 20.1 Å². The van der Waals surface area contributed by atoms with Gasteiger partial charge in [-0.05, 0) is 86.0 Å². The zero-order valence-corrected chi connectivity index (χ0v) is 28.4. The van der Waals surface area contributed by atoms with E-state index >= 15 is 0 Å². The zero-order chi connectivity index (χ0) is 32.5. The maximum atomic E-state index is 12.9. The van der Waals surface area contributed by atoms with E-state index in [1.807, 2.05) is 43.4 Å². The number of phenols is 1. The van der Waals surface area contributed by atoms with Crippen LogP contribution in [0.5, 0.6) is 17.2 Å². The average molecular weight is 625 g/mol. The second-order valence-electron chi connectivity index (χ2n) is 13.2. The first-order valence-electron chi connectivity index (χ1n) is 15.5. The zero-order valence-electron chi connectivity index (χ0n) is 27.4. The van der Waals surface area contributed by atoms with Crippen molar-refractivity contribution in [2.45, 2.75) is 89.7 Å². The third-order valence-electron chi connectivity index (χ3n) is 9.12. The standard InChI is InChI=1S/C35H52N2O6Si/c1-24(36-21-29(20-35(2,3)44(6,7)41)27-14-15-31(39)28(19-27)23-38)16-25-10-8-11-26(17-25)18-34(40)37-22-30-32(42-4)12-9-13-33(30)43-5/h8-15,19,24,26,29,36,38-39,41H,16-18,20-23H2,1-7H3,(H,37,40)/t24-,26?,29+/m1/s1. The number of allylic oxidation sites excluding steroid dienone is 3. The lowest BCUT2D eigenvalue weighted by Gasteiger charge is -2.38. The topological polar surface area (TPSA) is 120 Å². The van der Waals surface area contributed by atoms with Crippen LogP contribution in [-0.2, 0) is 17.9 Å². The Morgan fingerprint density at radius 1 is 1.14 bits per heavy atom. The highest BCUT2D eigenvalue weighted by Crippen LogP contribution is 2.44. The van der Waals surface area contributed by atoms with Gasteiger partial charge in [0.1, 0.15) is 17.2 Å². The van der Waals surface area contributed by atoms with Gasteiger partial charge >= 0.3 is 0 Å². The van der Waals surface area contributed by atoms with Gasteiger partial charge in [-0.2, -0.15) is 0 Å². The van der Waals surface area contributed by atoms with E-state index in [1.165, 1.54) is 5.57 Å². The molecule has 0 heterocycles. The van der Waals surface area contributed by atoms with Crippen molar-refractivity contribution in [3.05, 3.63) is 76.9 Å². The molecule has 1 amide bonds. The molecule has 3 rings (SSSR count). The van der Waals surface area contributed by atoms with Crippen molar-refractivity contribution in [2.24, 2.45) is 5.92 Å². The summed E-state index contributed by atoms with van der Waals surface area (Å²) < 4.78 is 10.9. The van der Waals surface area contributed by atoms with Crippen molar-refractivity contribution >= 4 is 14.2 Å². The largest absolute Gasteiger partial charge is 0.508 e. The van der Waals surface area contributed by atoms with Gasteiger partial charge in [0, 0.05) is 24.6 Å². The predicted molar refractivity (Wildman–Crippen MR) is 179 cm³/mol. The fourth-order valence-electron chi connectivity index (χ4n) is 5.68. The van der Waals surface area contributed by atoms with Gasteiger partial charge in [0.15, 0.2) is 8.32 Å². The molecule has 3 atom stereocenters. The Labute approximate surface area is 264 Å². The van der Waals surface area contributed by atoms with E-state index in [-0.39, 0.29) is 41.2 Å². The number of hydrogen-bond donors (Lipinski definition) is 5. The minimum absolute atomic E-state index is 0.0167. The first-order chi connectivity index (χ1) is 20.8. The van der Waals surface area contributed by atoms with Gasteiger partial charge in [0.05, 0.1) is 32.9 Å². The maximum absolute atomic E-state index is 12.9. The van der Waals surface area contributed by atoms with Crippen molar-refractivity contribution in [3.8, 4) is 17.2 Å². The lowest BCUT2D eigenvalue weighted by Crippen LogP contribution is -2.41. The summed E-state index contributed by atoms with van der Waals surface area (Å²) in [6.45, 7) is 11.2. The Morgan fingerprint density at radius 3 is 2.43 bits per heavy atom. The van der Waals surface area contributed by atoms with E-state index in [1.54, 1.807) is 20.3 Å². The monoisotopic (exact) mass is 624 g/mol. The second kappa shape index (κ2) is 15.7. The number of aliphatic hydroxyl groups excluding tert-OH is 1. The molecule has 8 nitrogen and oxygen atoms in total. The molecule has 2 aromatic carbocycles. The maximum Gasteiger partial charge on any atom is 0.220 e. The number of amides is 1. The number of aromatic hydroxyl groups is 1. The lowest BCUT2D eigenvalue weighted by atomic mass is 9.87. The number of benzene rings is 2. The molecule has 0 fully saturated rings. The second-order valence-corrected chi connectivity index (χ2v) is 17.7. The number of carbonyl (C=O) groups is 1. The van der Waals surface area contributed by atoms with Crippen molar-refractivity contribution in [1.82, 2.24) is 10.6 Å². The van der Waals surface area contributed by atoms with Crippen LogP contribution in [0, 0.1) is 5.92 Å². The Morgan fingerprint density at radius 2 is 1.82 bits per heavy atom. The van der Waals surface area contributed by atoms with Crippen LogP contribution in [0.25, 0.3) is 0 Å². The van der Waals surface area contributed by atoms with E-state index in [2.05, 4.69) is 49.6 Å². The third-order valence-corrected chi connectivity index (χ3v) is 12.6. The van der Waals surface area contributed by atoms with Gasteiger partial charge in [-0.3, -0.25) is 4.79 Å². The molecule has 0 aliphatic heterocycles. The molecule has 2 aromatic rings. The summed E-state index contributed by atoms with van der Waals surface area (Å²) in [5, 5.41) is 26.4. The van der Waals surface area contributed by atoms with E-state index in [4.69, 9.17) is 9.47 Å². The molecule has 9 heteroatoms. The quantitative estimate of drug-likeness (QED) is 0.147. The summed E-state index contributed by atoms with van der Waals surface area (Å²) in [5.41, 5.74) is 3.66. The minimum Gasteiger partial charge on any atom is -0.508 e. The van der Waals surface area contributed by atoms with E-state index < -0.39 is 8.32 Å². The lowest BCUT2D eigenvalue weighted by molar-refractivity contribution is -0.121. The van der Waals surface area contributed by atoms with Crippen LogP contribution in [-0.4, -0.2) is 56.0 Å². The fraction of sp³-hybridized carbons (Fsp3) is 0.514. The van der Waals surface area contributed by atoms with Crippen LogP contribution >= 0.6 is 0 Å². The first kappa shape index (κ1) is 35.4. The highest BCUT2D eigenvalue weighted by molar-refractivity contribution is 6.72. The van der Waals surface area contributed by atoms with Gasteiger partial charge in [0.25, 0.3) is 0 Å². The van der Waals surface area contributed by atoms with Crippen LogP contribution in [0.2, 0.25) is 18.1 Å². The van der Waals surface area contributed by atoms with Gasteiger partial charge in [-0.1, -0.05) is 49.8 Å². The molecule has 1 aliphatic rings. The first-order valence-corrected chi connectivity index (χ1v) is 18.4. The molecule has 0 bridgehead atoms. The molecular formula is C35H52N2O6Si. The molecule has 1 aliphatic carbocycles. The summed E-state index contributed by atoms with van der Waals surface area (Å²) in [6, 6.07) is 11.2. The van der Waals surface area contributed by atoms with Crippen molar-refractivity contribution < 1.29 is 29.3 Å². The molecule has 0 radical (unpaired) electrons. The van der Waals surface area contributed by atoms with Crippen LogP contribution in [0.15, 0.2) is 60.2 Å². The summed E-state index contributed by atoms with van der Waals surface area (Å²) in [5.74, 6) is 1.66. The highest BCUT2D eigenvalue weighted by atomic mass is 28.4. The van der Waals surface area contributed by atoms with Crippen LogP contribution in [0.1, 0.15) is 69.1 Å². The summed E-state index contributed by atoms with van der Waals surface area (Å²) in [6.07, 6.45) is 9.17. The molecule has 5 N–H and O–H groups in total. The molecule has 242 valence electrons. The average Bonchev–Trinajstić information content (AvgIpc) is 2.97. The summed E-state index contributed by atoms with van der Waals surface area (Å²) in [7, 11) is 0.763. The number of aliphatic hydroxyl groups is 1. The molecule has 0 saturated heterocycles. The minimum atomic E-state index is -2.45. The molecule has 0 spiro atoms. The molecular weight excluding hydrogens is 572 g/mol. The van der Waals surface area contributed by atoms with Crippen LogP contribution in [0.3, 0.4) is 0 Å². The predicted octanol–water partition coefficient (Wildman–Crippen LogP) is 5.93. The number of carbonyl (C=O) groups excluding carboxylic acids is 1. The summed E-state index contributed by atoms with van der Waals surface area (Å²) in [4.78, 5) is 23.9. The van der Waals surface area contributed by atoms with Crippen molar-refractivity contribution in [2.75, 3.05) is 20.8 Å². The molecule has 1 unspecified atom stereocenters. The Hall–Kier alpha value is -3.11. The summed E-state index contributed by atoms with van der Waals surface area (Å²) >= 11 is 0. The van der Waals surface area contributed by atoms with Crippen molar-refractivity contribution in [1.29, 1.82) is 0 Å². The Balaban J connectivity index is 1.58. The Kier molecular flexibility index (Phi) is 12.7. The number of rotatable bonds is 16. The van der Waals surface area contributed by atoms with Crippen LogP contribution in [0.4, 0.5) is 0 Å². The Bertz CT molecular complexity index is 1290.